The van der Waals surface area contributed by atoms with Gasteiger partial charge in [0.1, 0.15) is 0 Å². The molecule has 2 aromatic rings. The van der Waals surface area contributed by atoms with Crippen LogP contribution in [0.25, 0.3) is 0 Å². The largest absolute Gasteiger partial charge is 0.352 e. The van der Waals surface area contributed by atoms with Gasteiger partial charge in [0.05, 0.1) is 4.90 Å². The van der Waals surface area contributed by atoms with Crippen molar-refractivity contribution in [3.8, 4) is 0 Å². The molecule has 1 heterocycles. The number of nitrogens with zero attached hydrogens (tertiary/aromatic N) is 3. The van der Waals surface area contributed by atoms with E-state index in [0.29, 0.717) is 47.6 Å². The van der Waals surface area contributed by atoms with Crippen molar-refractivity contribution in [1.82, 2.24) is 19.8 Å². The normalized spacial score (nSPS) is 15.9. The summed E-state index contributed by atoms with van der Waals surface area (Å²) in [5.41, 5.74) is 1.78. The zero-order valence-electron chi connectivity index (χ0n) is 17.7. The molecular weight excluding hydrogens is 549 g/mol. The summed E-state index contributed by atoms with van der Waals surface area (Å²) in [5, 5.41) is 7.14. The average molecular weight is 578 g/mol. The Morgan fingerprint density at radius 2 is 1.61 bits per heavy atom. The topological polar surface area (TPSA) is 77.0 Å². The fourth-order valence-electron chi connectivity index (χ4n) is 3.26. The highest BCUT2D eigenvalue weighted by atomic mass is 127. The first-order valence-corrected chi connectivity index (χ1v) is 11.7. The van der Waals surface area contributed by atoms with Gasteiger partial charge in [-0.3, -0.25) is 4.99 Å². The Bertz CT molecular complexity index is 978. The van der Waals surface area contributed by atoms with E-state index in [4.69, 9.17) is 11.6 Å². The number of nitrogens with one attached hydrogen (secondary N) is 2. The van der Waals surface area contributed by atoms with Crippen molar-refractivity contribution in [3.63, 3.8) is 0 Å². The molecule has 0 spiro atoms. The summed E-state index contributed by atoms with van der Waals surface area (Å²) in [5.74, 6) is 0.594. The summed E-state index contributed by atoms with van der Waals surface area (Å²) in [6, 6.07) is 14.7. The number of hydrogen-bond donors (Lipinski definition) is 2. The molecule has 0 bridgehead atoms. The minimum atomic E-state index is -3.54. The van der Waals surface area contributed by atoms with Crippen LogP contribution in [0, 0.1) is 0 Å². The minimum Gasteiger partial charge on any atom is -0.352 e. The number of aliphatic imine (C=N–C) groups is 1. The fourth-order valence-corrected chi connectivity index (χ4v) is 5.03. The summed E-state index contributed by atoms with van der Waals surface area (Å²) in [7, 11) is 0.153. The first-order chi connectivity index (χ1) is 14.4. The molecule has 10 heteroatoms. The third-order valence-electron chi connectivity index (χ3n) is 5.10. The zero-order chi connectivity index (χ0) is 21.6. The average Bonchev–Trinajstić information content (AvgIpc) is 2.75. The maximum atomic E-state index is 13.2. The quantitative estimate of drug-likeness (QED) is 0.314. The van der Waals surface area contributed by atoms with Crippen LogP contribution in [0.4, 0.5) is 0 Å². The van der Waals surface area contributed by atoms with Crippen molar-refractivity contribution in [1.29, 1.82) is 0 Å². The molecular formula is C21H29ClIN5O2S. The van der Waals surface area contributed by atoms with Gasteiger partial charge in [0.25, 0.3) is 0 Å². The van der Waals surface area contributed by atoms with Crippen LogP contribution in [0.2, 0.25) is 5.02 Å². The second-order valence-corrected chi connectivity index (χ2v) is 9.56. The van der Waals surface area contributed by atoms with E-state index < -0.39 is 10.0 Å². The second-order valence-electron chi connectivity index (χ2n) is 7.22. The number of sulfonamides is 1. The first kappa shape index (κ1) is 25.9. The standard InChI is InChI=1S/C21H28ClN5O2S.HI/c1-23-21(24-15-17-7-9-19(22)10-8-17)25-16-18-5-3-4-6-20(18)30(28,29)27-13-11-26(2)12-14-27;/h3-10H,11-16H2,1-2H3,(H2,23,24,25);1H. The van der Waals surface area contributed by atoms with E-state index in [-0.39, 0.29) is 24.0 Å². The molecule has 2 N–H and O–H groups in total. The molecule has 0 radical (unpaired) electrons. The Hall–Kier alpha value is -1.40. The highest BCUT2D eigenvalue weighted by Gasteiger charge is 2.29. The molecule has 0 saturated carbocycles. The third-order valence-corrected chi connectivity index (χ3v) is 7.35. The molecule has 1 aliphatic heterocycles. The van der Waals surface area contributed by atoms with Gasteiger partial charge >= 0.3 is 0 Å². The lowest BCUT2D eigenvalue weighted by atomic mass is 10.2. The van der Waals surface area contributed by atoms with Crippen molar-refractivity contribution in [2.45, 2.75) is 18.0 Å². The van der Waals surface area contributed by atoms with Crippen LogP contribution >= 0.6 is 35.6 Å². The molecule has 2 aromatic carbocycles. The minimum absolute atomic E-state index is 0. The van der Waals surface area contributed by atoms with E-state index in [2.05, 4.69) is 20.5 Å². The van der Waals surface area contributed by atoms with Crippen LogP contribution in [-0.4, -0.2) is 63.9 Å². The molecule has 7 nitrogen and oxygen atoms in total. The predicted molar refractivity (Wildman–Crippen MR) is 137 cm³/mol. The number of rotatable bonds is 6. The van der Waals surface area contributed by atoms with Gasteiger partial charge in [0.15, 0.2) is 5.96 Å². The van der Waals surface area contributed by atoms with E-state index >= 15 is 0 Å². The van der Waals surface area contributed by atoms with Gasteiger partial charge in [-0.05, 0) is 36.4 Å². The Balaban J connectivity index is 0.00000341. The second kappa shape index (κ2) is 12.0. The van der Waals surface area contributed by atoms with Crippen molar-refractivity contribution in [2.75, 3.05) is 40.3 Å². The van der Waals surface area contributed by atoms with Gasteiger partial charge in [-0.1, -0.05) is 41.9 Å². The van der Waals surface area contributed by atoms with Crippen molar-refractivity contribution in [2.24, 2.45) is 4.99 Å². The Morgan fingerprint density at radius 3 is 2.26 bits per heavy atom. The summed E-state index contributed by atoms with van der Waals surface area (Å²) in [4.78, 5) is 6.71. The molecule has 1 saturated heterocycles. The molecule has 1 fully saturated rings. The monoisotopic (exact) mass is 577 g/mol. The molecule has 0 aromatic heterocycles. The van der Waals surface area contributed by atoms with E-state index in [1.807, 2.05) is 43.4 Å². The number of halogens is 2. The lowest BCUT2D eigenvalue weighted by Gasteiger charge is -2.32. The Labute approximate surface area is 206 Å². The summed E-state index contributed by atoms with van der Waals surface area (Å²) >= 11 is 5.92. The van der Waals surface area contributed by atoms with Gasteiger partial charge in [-0.15, -0.1) is 24.0 Å². The third kappa shape index (κ3) is 7.04. The summed E-state index contributed by atoms with van der Waals surface area (Å²) in [6.45, 7) is 3.42. The van der Waals surface area contributed by atoms with Gasteiger partial charge < -0.3 is 15.5 Å². The van der Waals surface area contributed by atoms with Crippen molar-refractivity contribution >= 4 is 51.6 Å². The van der Waals surface area contributed by atoms with Crippen LogP contribution in [0.5, 0.6) is 0 Å². The molecule has 170 valence electrons. The van der Waals surface area contributed by atoms with E-state index in [1.165, 1.54) is 0 Å². The van der Waals surface area contributed by atoms with Crippen LogP contribution < -0.4 is 10.6 Å². The molecule has 0 unspecified atom stereocenters. The SMILES string of the molecule is CN=C(NCc1ccc(Cl)cc1)NCc1ccccc1S(=O)(=O)N1CCN(C)CC1.I. The Kier molecular flexibility index (Phi) is 10.0. The summed E-state index contributed by atoms with van der Waals surface area (Å²) in [6.07, 6.45) is 0. The number of guanidine groups is 1. The predicted octanol–water partition coefficient (Wildman–Crippen LogP) is 2.76. The maximum Gasteiger partial charge on any atom is 0.243 e. The van der Waals surface area contributed by atoms with Gasteiger partial charge in [0.2, 0.25) is 10.0 Å². The lowest BCUT2D eigenvalue weighted by Crippen LogP contribution is -2.47. The molecule has 3 rings (SSSR count). The first-order valence-electron chi connectivity index (χ1n) is 9.85. The van der Waals surface area contributed by atoms with E-state index in [1.54, 1.807) is 23.5 Å². The van der Waals surface area contributed by atoms with Gasteiger partial charge in [-0.2, -0.15) is 4.31 Å². The molecule has 0 aliphatic carbocycles. The molecule has 0 atom stereocenters. The van der Waals surface area contributed by atoms with Gasteiger partial charge in [-0.25, -0.2) is 8.42 Å². The van der Waals surface area contributed by atoms with Crippen molar-refractivity contribution in [3.05, 3.63) is 64.7 Å². The number of benzene rings is 2. The molecule has 0 amide bonds. The van der Waals surface area contributed by atoms with E-state index in [9.17, 15) is 8.42 Å². The van der Waals surface area contributed by atoms with Crippen molar-refractivity contribution < 1.29 is 8.42 Å². The Morgan fingerprint density at radius 1 is 1.00 bits per heavy atom. The molecule has 31 heavy (non-hydrogen) atoms. The smallest absolute Gasteiger partial charge is 0.243 e. The van der Waals surface area contributed by atoms with Gasteiger partial charge in [0, 0.05) is 51.3 Å². The van der Waals surface area contributed by atoms with E-state index in [0.717, 1.165) is 18.7 Å². The number of likely N-dealkylation sites (N-methyl/N-ethyl adjacent to an activating group) is 1. The number of piperazine rings is 1. The van der Waals surface area contributed by atoms with Crippen LogP contribution in [0.3, 0.4) is 0 Å². The van der Waals surface area contributed by atoms with Crippen LogP contribution in [0.1, 0.15) is 11.1 Å². The zero-order valence-corrected chi connectivity index (χ0v) is 21.6. The fraction of sp³-hybridized carbons (Fsp3) is 0.381. The highest BCUT2D eigenvalue weighted by molar-refractivity contribution is 14.0. The lowest BCUT2D eigenvalue weighted by molar-refractivity contribution is 0.222. The highest BCUT2D eigenvalue weighted by Crippen LogP contribution is 2.21. The number of hydrogen-bond acceptors (Lipinski definition) is 4. The van der Waals surface area contributed by atoms with Crippen LogP contribution in [0.15, 0.2) is 58.4 Å². The van der Waals surface area contributed by atoms with Crippen LogP contribution in [-0.2, 0) is 23.1 Å². The maximum absolute atomic E-state index is 13.2. The summed E-state index contributed by atoms with van der Waals surface area (Å²) < 4.78 is 27.9. The molecule has 1 aliphatic rings.